The maximum Gasteiger partial charge on any atom is 0.282 e. The van der Waals surface area contributed by atoms with Crippen LogP contribution in [0.4, 0.5) is 11.4 Å². The number of nitrogens with zero attached hydrogens (tertiary/aromatic N) is 1. The second-order valence-corrected chi connectivity index (χ2v) is 8.75. The molecule has 0 radical (unpaired) electrons. The lowest BCUT2D eigenvalue weighted by atomic mass is 9.97. The monoisotopic (exact) mass is 424 g/mol. The number of hydrogen-bond acceptors (Lipinski definition) is 3. The number of aryl methyl sites for hydroxylation is 3. The molecule has 0 spiro atoms. The smallest absolute Gasteiger partial charge is 0.282 e. The third-order valence-electron chi connectivity index (χ3n) is 5.84. The molecule has 4 rings (SSSR count). The fourth-order valence-corrected chi connectivity index (χ4v) is 4.10. The van der Waals surface area contributed by atoms with Crippen molar-refractivity contribution in [3.05, 3.63) is 100 Å². The van der Waals surface area contributed by atoms with Crippen LogP contribution in [0.25, 0.3) is 5.57 Å². The van der Waals surface area contributed by atoms with Gasteiger partial charge in [-0.3, -0.25) is 9.59 Å². The lowest BCUT2D eigenvalue weighted by Crippen LogP contribution is -2.32. The topological polar surface area (TPSA) is 49.4 Å². The van der Waals surface area contributed by atoms with Crippen molar-refractivity contribution >= 4 is 28.8 Å². The molecule has 1 aliphatic rings. The van der Waals surface area contributed by atoms with E-state index >= 15 is 0 Å². The van der Waals surface area contributed by atoms with Gasteiger partial charge in [0.25, 0.3) is 11.8 Å². The van der Waals surface area contributed by atoms with E-state index < -0.39 is 0 Å². The Morgan fingerprint density at radius 3 is 2.09 bits per heavy atom. The van der Waals surface area contributed by atoms with Gasteiger partial charge in [0, 0.05) is 5.69 Å². The van der Waals surface area contributed by atoms with Gasteiger partial charge < -0.3 is 5.32 Å². The lowest BCUT2D eigenvalue weighted by molar-refractivity contribution is -0.120. The average Bonchev–Trinajstić information content (AvgIpc) is 2.98. The van der Waals surface area contributed by atoms with Crippen LogP contribution in [-0.2, 0) is 9.59 Å². The summed E-state index contributed by atoms with van der Waals surface area (Å²) in [6, 6.07) is 21.4. The fraction of sp³-hybridized carbons (Fsp3) is 0.214. The minimum atomic E-state index is -0.344. The second kappa shape index (κ2) is 8.46. The van der Waals surface area contributed by atoms with E-state index in [1.54, 1.807) is 0 Å². The molecule has 0 bridgehead atoms. The number of imide groups is 1. The van der Waals surface area contributed by atoms with Crippen LogP contribution in [0.5, 0.6) is 0 Å². The molecule has 0 saturated heterocycles. The first-order chi connectivity index (χ1) is 15.3. The molecule has 1 heterocycles. The molecule has 162 valence electrons. The van der Waals surface area contributed by atoms with E-state index in [0.29, 0.717) is 22.9 Å². The van der Waals surface area contributed by atoms with Crippen LogP contribution in [-0.4, -0.2) is 11.8 Å². The van der Waals surface area contributed by atoms with Crippen LogP contribution in [0.15, 0.2) is 72.4 Å². The van der Waals surface area contributed by atoms with Crippen LogP contribution in [0, 0.1) is 20.8 Å². The Kier molecular flexibility index (Phi) is 5.70. The predicted molar refractivity (Wildman–Crippen MR) is 131 cm³/mol. The zero-order valence-electron chi connectivity index (χ0n) is 19.2. The zero-order valence-corrected chi connectivity index (χ0v) is 19.2. The molecule has 0 saturated carbocycles. The van der Waals surface area contributed by atoms with Crippen molar-refractivity contribution in [1.82, 2.24) is 0 Å². The van der Waals surface area contributed by atoms with Crippen molar-refractivity contribution in [2.45, 2.75) is 40.5 Å². The molecule has 2 amide bonds. The highest BCUT2D eigenvalue weighted by molar-refractivity contribution is 6.46. The van der Waals surface area contributed by atoms with Gasteiger partial charge in [0.2, 0.25) is 0 Å². The van der Waals surface area contributed by atoms with Gasteiger partial charge in [0.1, 0.15) is 5.70 Å². The summed E-state index contributed by atoms with van der Waals surface area (Å²) in [4.78, 5) is 28.5. The van der Waals surface area contributed by atoms with Crippen LogP contribution in [0.1, 0.15) is 47.6 Å². The van der Waals surface area contributed by atoms with Crippen LogP contribution in [0.3, 0.4) is 0 Å². The largest absolute Gasteiger partial charge is 0.350 e. The first-order valence-corrected chi connectivity index (χ1v) is 10.9. The van der Waals surface area contributed by atoms with E-state index in [2.05, 4.69) is 19.2 Å². The minimum absolute atomic E-state index is 0.306. The highest BCUT2D eigenvalue weighted by Gasteiger charge is 2.40. The highest BCUT2D eigenvalue weighted by atomic mass is 16.2. The van der Waals surface area contributed by atoms with Crippen LogP contribution >= 0.6 is 0 Å². The molecule has 32 heavy (non-hydrogen) atoms. The molecule has 0 aromatic heterocycles. The Hall–Kier alpha value is -3.66. The third-order valence-corrected chi connectivity index (χ3v) is 5.84. The molecule has 1 aliphatic heterocycles. The maximum absolute atomic E-state index is 13.6. The van der Waals surface area contributed by atoms with Crippen molar-refractivity contribution in [2.24, 2.45) is 0 Å². The molecule has 0 aliphatic carbocycles. The summed E-state index contributed by atoms with van der Waals surface area (Å²) in [5.74, 6) is -0.283. The number of rotatable bonds is 5. The summed E-state index contributed by atoms with van der Waals surface area (Å²) in [7, 11) is 0. The first-order valence-electron chi connectivity index (χ1n) is 10.9. The maximum atomic E-state index is 13.6. The molecular weight excluding hydrogens is 396 g/mol. The molecule has 0 fully saturated rings. The summed E-state index contributed by atoms with van der Waals surface area (Å²) >= 11 is 0. The number of carbonyl (C=O) groups excluding carboxylic acids is 2. The molecular formula is C28H28N2O2. The zero-order chi connectivity index (χ0) is 23.0. The van der Waals surface area contributed by atoms with Crippen LogP contribution < -0.4 is 10.2 Å². The van der Waals surface area contributed by atoms with Gasteiger partial charge >= 0.3 is 0 Å². The first kappa shape index (κ1) is 21.6. The van der Waals surface area contributed by atoms with Gasteiger partial charge in [0.15, 0.2) is 0 Å². The van der Waals surface area contributed by atoms with Gasteiger partial charge in [0.05, 0.1) is 11.3 Å². The van der Waals surface area contributed by atoms with Crippen molar-refractivity contribution in [3.63, 3.8) is 0 Å². The Labute approximate surface area is 189 Å². The summed E-state index contributed by atoms with van der Waals surface area (Å²) in [5, 5.41) is 3.25. The van der Waals surface area contributed by atoms with Crippen LogP contribution in [0.2, 0.25) is 0 Å². The molecule has 4 nitrogen and oxygen atoms in total. The van der Waals surface area contributed by atoms with Crippen molar-refractivity contribution in [1.29, 1.82) is 0 Å². The van der Waals surface area contributed by atoms with Gasteiger partial charge in [-0.15, -0.1) is 0 Å². The van der Waals surface area contributed by atoms with Gasteiger partial charge in [-0.05, 0) is 73.2 Å². The quantitative estimate of drug-likeness (QED) is 0.501. The molecule has 0 unspecified atom stereocenters. The van der Waals surface area contributed by atoms with E-state index in [4.69, 9.17) is 0 Å². The van der Waals surface area contributed by atoms with Gasteiger partial charge in [-0.2, -0.15) is 0 Å². The summed E-state index contributed by atoms with van der Waals surface area (Å²) in [6.45, 7) is 10.2. The number of nitrogens with one attached hydrogen (secondary N) is 1. The second-order valence-electron chi connectivity index (χ2n) is 8.75. The summed E-state index contributed by atoms with van der Waals surface area (Å²) in [6.07, 6.45) is 0. The van der Waals surface area contributed by atoms with E-state index in [1.807, 2.05) is 87.5 Å². The number of benzene rings is 3. The Balaban J connectivity index is 1.82. The number of amides is 2. The van der Waals surface area contributed by atoms with Gasteiger partial charge in [-0.25, -0.2) is 4.90 Å². The van der Waals surface area contributed by atoms with Gasteiger partial charge in [-0.1, -0.05) is 61.9 Å². The van der Waals surface area contributed by atoms with Crippen molar-refractivity contribution in [2.75, 3.05) is 10.2 Å². The Morgan fingerprint density at radius 2 is 1.47 bits per heavy atom. The average molecular weight is 425 g/mol. The Morgan fingerprint density at radius 1 is 0.781 bits per heavy atom. The van der Waals surface area contributed by atoms with Crippen molar-refractivity contribution < 1.29 is 9.59 Å². The molecule has 1 N–H and O–H groups in total. The standard InChI is InChI=1S/C28H28N2O2/c1-17(2)21-10-12-23(13-11-21)30-27(31)25(24-14-9-19(4)15-20(24)5)26(28(30)32)29-22-8-6-7-18(3)16-22/h6-17,29H,1-5H3. The number of anilines is 2. The minimum Gasteiger partial charge on any atom is -0.350 e. The molecule has 3 aromatic rings. The summed E-state index contributed by atoms with van der Waals surface area (Å²) in [5.41, 5.74) is 7.13. The van der Waals surface area contributed by atoms with E-state index in [1.165, 1.54) is 4.90 Å². The molecule has 4 heteroatoms. The SMILES string of the molecule is Cc1cccc(NC2=C(c3ccc(C)cc3C)C(=O)N(c3ccc(C(C)C)cc3)C2=O)c1. The fourth-order valence-electron chi connectivity index (χ4n) is 4.10. The number of hydrogen-bond donors (Lipinski definition) is 1. The molecule has 0 atom stereocenters. The third kappa shape index (κ3) is 3.96. The van der Waals surface area contributed by atoms with E-state index in [0.717, 1.165) is 33.5 Å². The van der Waals surface area contributed by atoms with E-state index in [9.17, 15) is 9.59 Å². The normalized spacial score (nSPS) is 14.0. The lowest BCUT2D eigenvalue weighted by Gasteiger charge is -2.17. The Bertz CT molecular complexity index is 1240. The summed E-state index contributed by atoms with van der Waals surface area (Å²) < 4.78 is 0. The van der Waals surface area contributed by atoms with E-state index in [-0.39, 0.29) is 11.8 Å². The molecule has 3 aromatic carbocycles. The predicted octanol–water partition coefficient (Wildman–Crippen LogP) is 6.13. The van der Waals surface area contributed by atoms with Crippen molar-refractivity contribution in [3.8, 4) is 0 Å². The highest BCUT2D eigenvalue weighted by Crippen LogP contribution is 2.35. The number of carbonyl (C=O) groups is 2.